The third kappa shape index (κ3) is 5.69. The lowest BCUT2D eigenvalue weighted by Gasteiger charge is -2.00. The molecule has 0 aromatic carbocycles. The Kier molecular flexibility index (Phi) is 6.87. The van der Waals surface area contributed by atoms with Gasteiger partial charge in [-0.15, -0.1) is 12.3 Å². The van der Waals surface area contributed by atoms with Gasteiger partial charge in [0.05, 0.1) is 0 Å². The van der Waals surface area contributed by atoms with Gasteiger partial charge in [-0.3, -0.25) is 0 Å². The molecule has 0 spiro atoms. The highest BCUT2D eigenvalue weighted by Gasteiger charge is 1.93. The van der Waals surface area contributed by atoms with Crippen LogP contribution in [0.5, 0.6) is 0 Å². The average molecular weight is 150 g/mol. The summed E-state index contributed by atoms with van der Waals surface area (Å²) in [6.45, 7) is 9.56. The maximum atomic E-state index is 3.69. The van der Waals surface area contributed by atoms with Gasteiger partial charge in [0.2, 0.25) is 0 Å². The number of unbranched alkanes of at least 4 members (excludes halogenated alkanes) is 1. The van der Waals surface area contributed by atoms with Crippen LogP contribution < -0.4 is 0 Å². The first-order valence-electron chi connectivity index (χ1n) is 4.33. The zero-order valence-electron chi connectivity index (χ0n) is 7.53. The molecule has 0 rings (SSSR count). The number of rotatable bonds is 6. The van der Waals surface area contributed by atoms with Crippen LogP contribution in [0.1, 0.15) is 39.0 Å². The number of allylic oxidation sites excluding steroid dienone is 2. The van der Waals surface area contributed by atoms with E-state index in [1.54, 1.807) is 0 Å². The molecule has 0 saturated heterocycles. The Labute approximate surface area is 70.3 Å². The van der Waals surface area contributed by atoms with Gasteiger partial charge in [0.1, 0.15) is 0 Å². The molecule has 0 N–H and O–H groups in total. The summed E-state index contributed by atoms with van der Waals surface area (Å²) < 4.78 is 0. The molecule has 0 radical (unpaired) electrons. The molecule has 0 aromatic rings. The van der Waals surface area contributed by atoms with Gasteiger partial charge in [-0.2, -0.15) is 0 Å². The molecular weight excluding hydrogens is 132 g/mol. The van der Waals surface area contributed by atoms with Crippen LogP contribution in [0.4, 0.5) is 0 Å². The second kappa shape index (κ2) is 7.37. The zero-order valence-corrected chi connectivity index (χ0v) is 7.53. The molecule has 0 atom stereocenters. The van der Waals surface area contributed by atoms with Crippen molar-refractivity contribution >= 4 is 0 Å². The minimum atomic E-state index is 1.06. The Bertz CT molecular complexity index is 147. The fourth-order valence-electron chi connectivity index (χ4n) is 0.968. The average Bonchev–Trinajstić information content (AvgIpc) is 2.05. The molecule has 0 aliphatic rings. The second-order valence-electron chi connectivity index (χ2n) is 2.71. The predicted molar refractivity (Wildman–Crippen MR) is 51.6 cm³/mol. The summed E-state index contributed by atoms with van der Waals surface area (Å²) in [4.78, 5) is 0. The quantitative estimate of drug-likeness (QED) is 0.398. The Morgan fingerprint density at radius 2 is 2.18 bits per heavy atom. The monoisotopic (exact) mass is 150 g/mol. The summed E-state index contributed by atoms with van der Waals surface area (Å²) in [5.74, 6) is 0. The lowest BCUT2D eigenvalue weighted by molar-refractivity contribution is 0.756. The Morgan fingerprint density at radius 1 is 1.45 bits per heavy atom. The minimum Gasteiger partial charge on any atom is -0.130 e. The summed E-state index contributed by atoms with van der Waals surface area (Å²) in [5.41, 5.74) is 4.34. The lowest BCUT2D eigenvalue weighted by atomic mass is 10.1. The molecule has 0 aromatic heterocycles. The van der Waals surface area contributed by atoms with Crippen LogP contribution in [0, 0.1) is 0 Å². The van der Waals surface area contributed by atoms with E-state index in [2.05, 4.69) is 25.8 Å². The minimum absolute atomic E-state index is 1.06. The van der Waals surface area contributed by atoms with Crippen molar-refractivity contribution in [2.24, 2.45) is 0 Å². The van der Waals surface area contributed by atoms with Crippen LogP contribution in [-0.2, 0) is 0 Å². The van der Waals surface area contributed by atoms with Gasteiger partial charge in [-0.1, -0.05) is 26.0 Å². The molecule has 62 valence electrons. The van der Waals surface area contributed by atoms with Crippen LogP contribution in [0.3, 0.4) is 0 Å². The molecule has 0 aliphatic heterocycles. The van der Waals surface area contributed by atoms with E-state index < -0.39 is 0 Å². The van der Waals surface area contributed by atoms with Crippen LogP contribution >= 0.6 is 0 Å². The highest BCUT2D eigenvalue weighted by molar-refractivity contribution is 4.99. The highest BCUT2D eigenvalue weighted by Crippen LogP contribution is 2.11. The van der Waals surface area contributed by atoms with Crippen molar-refractivity contribution in [1.29, 1.82) is 0 Å². The summed E-state index contributed by atoms with van der Waals surface area (Å²) in [6.07, 6.45) is 7.76. The molecule has 0 nitrogen and oxygen atoms in total. The Balaban J connectivity index is 3.59. The Hall–Kier alpha value is -0.740. The Morgan fingerprint density at radius 3 is 2.64 bits per heavy atom. The molecular formula is C11H18. The van der Waals surface area contributed by atoms with E-state index in [4.69, 9.17) is 0 Å². The fourth-order valence-corrected chi connectivity index (χ4v) is 0.968. The van der Waals surface area contributed by atoms with Gasteiger partial charge in [-0.05, 0) is 31.3 Å². The van der Waals surface area contributed by atoms with E-state index in [0.29, 0.717) is 0 Å². The first kappa shape index (κ1) is 10.3. The zero-order chi connectivity index (χ0) is 8.53. The maximum absolute atomic E-state index is 3.69. The maximum Gasteiger partial charge on any atom is -0.0209 e. The standard InChI is InChI=1S/C11H18/c1-4-7-9-11(6-3)10-8-5-2/h4H,1,3,5,7-10H2,2H3. The van der Waals surface area contributed by atoms with Crippen molar-refractivity contribution in [3.05, 3.63) is 30.5 Å². The topological polar surface area (TPSA) is 0 Å². The molecule has 0 bridgehead atoms. The number of hydrogen-bond donors (Lipinski definition) is 0. The normalized spacial score (nSPS) is 8.82. The molecule has 0 heterocycles. The second-order valence-corrected chi connectivity index (χ2v) is 2.71. The smallest absolute Gasteiger partial charge is 0.0209 e. The number of hydrogen-bond acceptors (Lipinski definition) is 0. The van der Waals surface area contributed by atoms with E-state index in [1.165, 1.54) is 18.4 Å². The van der Waals surface area contributed by atoms with Crippen molar-refractivity contribution in [3.8, 4) is 0 Å². The largest absolute Gasteiger partial charge is 0.130 e. The van der Waals surface area contributed by atoms with E-state index in [0.717, 1.165) is 19.3 Å². The summed E-state index contributed by atoms with van der Waals surface area (Å²) in [7, 11) is 0. The van der Waals surface area contributed by atoms with Crippen molar-refractivity contribution in [2.45, 2.75) is 39.0 Å². The first-order valence-corrected chi connectivity index (χ1v) is 4.33. The molecule has 0 saturated carbocycles. The molecule has 11 heavy (non-hydrogen) atoms. The van der Waals surface area contributed by atoms with Crippen molar-refractivity contribution < 1.29 is 0 Å². The molecule has 0 heteroatoms. The van der Waals surface area contributed by atoms with Crippen LogP contribution in [0.25, 0.3) is 0 Å². The van der Waals surface area contributed by atoms with Crippen LogP contribution in [0.15, 0.2) is 30.5 Å². The highest BCUT2D eigenvalue weighted by atomic mass is 14.0. The van der Waals surface area contributed by atoms with Gasteiger partial charge in [-0.25, -0.2) is 0 Å². The van der Waals surface area contributed by atoms with Crippen LogP contribution in [-0.4, -0.2) is 0 Å². The van der Waals surface area contributed by atoms with E-state index in [-0.39, 0.29) is 0 Å². The van der Waals surface area contributed by atoms with Gasteiger partial charge in [0.15, 0.2) is 0 Å². The first-order chi connectivity index (χ1) is 5.35. The fraction of sp³-hybridized carbons (Fsp3) is 0.545. The SMILES string of the molecule is C=C=C(CCC=C)CCCC. The molecule has 0 fully saturated rings. The predicted octanol–water partition coefficient (Wildman–Crippen LogP) is 3.85. The van der Waals surface area contributed by atoms with Crippen LogP contribution in [0.2, 0.25) is 0 Å². The van der Waals surface area contributed by atoms with Gasteiger partial charge >= 0.3 is 0 Å². The molecule has 0 unspecified atom stereocenters. The van der Waals surface area contributed by atoms with E-state index in [1.807, 2.05) is 6.08 Å². The lowest BCUT2D eigenvalue weighted by Crippen LogP contribution is -1.81. The summed E-state index contributed by atoms with van der Waals surface area (Å²) >= 11 is 0. The van der Waals surface area contributed by atoms with E-state index >= 15 is 0 Å². The van der Waals surface area contributed by atoms with Crippen molar-refractivity contribution in [3.63, 3.8) is 0 Å². The third-order valence-corrected chi connectivity index (χ3v) is 1.73. The van der Waals surface area contributed by atoms with Gasteiger partial charge in [0, 0.05) is 0 Å². The summed E-state index contributed by atoms with van der Waals surface area (Å²) in [5, 5.41) is 0. The van der Waals surface area contributed by atoms with Gasteiger partial charge < -0.3 is 0 Å². The molecule has 0 aliphatic carbocycles. The summed E-state index contributed by atoms with van der Waals surface area (Å²) in [6, 6.07) is 0. The third-order valence-electron chi connectivity index (χ3n) is 1.73. The van der Waals surface area contributed by atoms with Crippen molar-refractivity contribution in [1.82, 2.24) is 0 Å². The van der Waals surface area contributed by atoms with Crippen molar-refractivity contribution in [2.75, 3.05) is 0 Å². The van der Waals surface area contributed by atoms with Gasteiger partial charge in [0.25, 0.3) is 0 Å². The molecule has 0 amide bonds. The van der Waals surface area contributed by atoms with E-state index in [9.17, 15) is 0 Å².